The number of benzene rings is 9. The molecule has 0 aliphatic heterocycles. The Balaban J connectivity index is 0.946. The first kappa shape index (κ1) is 43.6. The zero-order valence-corrected chi connectivity index (χ0v) is 41.3. The molecule has 6 aliphatic rings. The minimum atomic E-state index is -0.532. The van der Waals surface area contributed by atoms with Crippen molar-refractivity contribution >= 4 is 17.1 Å². The van der Waals surface area contributed by atoms with Crippen LogP contribution in [0.1, 0.15) is 109 Å². The molecule has 0 atom stereocenters. The van der Waals surface area contributed by atoms with Crippen LogP contribution in [0.15, 0.2) is 224 Å². The van der Waals surface area contributed by atoms with Gasteiger partial charge in [0.25, 0.3) is 0 Å². The fourth-order valence-corrected chi connectivity index (χ4v) is 15.4. The zero-order valence-electron chi connectivity index (χ0n) is 41.3. The fraction of sp³-hybridized carbons (Fsp3) is 0.239. The Labute approximate surface area is 427 Å². The highest BCUT2D eigenvalue weighted by Gasteiger charge is 2.49. The molecule has 9 aromatic rings. The van der Waals surface area contributed by atoms with Gasteiger partial charge >= 0.3 is 0 Å². The van der Waals surface area contributed by atoms with E-state index in [2.05, 4.69) is 229 Å². The van der Waals surface area contributed by atoms with Gasteiger partial charge in [-0.15, -0.1) is 0 Å². The molecule has 0 saturated heterocycles. The Bertz CT molecular complexity index is 3300. The van der Waals surface area contributed by atoms with Gasteiger partial charge in [0.15, 0.2) is 0 Å². The highest BCUT2D eigenvalue weighted by atomic mass is 15.1. The smallest absolute Gasteiger partial charge is 0.0714 e. The van der Waals surface area contributed by atoms with Gasteiger partial charge in [-0.1, -0.05) is 207 Å². The predicted octanol–water partition coefficient (Wildman–Crippen LogP) is 19.1. The number of fused-ring (bicyclic) bond motifs is 3. The van der Waals surface area contributed by atoms with Crippen molar-refractivity contribution in [1.82, 2.24) is 0 Å². The van der Waals surface area contributed by atoms with E-state index < -0.39 is 5.41 Å². The van der Waals surface area contributed by atoms with Crippen molar-refractivity contribution in [2.45, 2.75) is 81.5 Å². The van der Waals surface area contributed by atoms with Crippen molar-refractivity contribution in [1.29, 1.82) is 0 Å². The van der Waals surface area contributed by atoms with Crippen LogP contribution < -0.4 is 4.90 Å². The van der Waals surface area contributed by atoms with E-state index in [4.69, 9.17) is 0 Å². The molecular formula is C71H63N. The standard InChI is InChI=1S/C71H63N/c1-5-17-50(18-6-1)51-29-31-53(32-30-51)62-25-13-14-26-63(62)54-33-37-60(38-34-54)72(61-39-35-55(36-40-61)70-56-42-48-41-49(44-56)45-57(70)43-48)69-47-68-66(46-65(69)52-19-7-2-8-20-52)64-27-15-16-28-67(64)71(68,58-21-9-3-10-22-58)59-23-11-4-12-24-59/h2-4,7-16,19-40,46-50,56-57,70H,1,5-6,17-18,41-45H2. The van der Waals surface area contributed by atoms with E-state index >= 15 is 0 Å². The molecule has 352 valence electrons. The number of rotatable bonds is 10. The van der Waals surface area contributed by atoms with Gasteiger partial charge in [-0.2, -0.15) is 0 Å². The number of hydrogen-bond acceptors (Lipinski definition) is 1. The summed E-state index contributed by atoms with van der Waals surface area (Å²) in [6.07, 6.45) is 13.9. The first-order valence-corrected chi connectivity index (χ1v) is 27.3. The summed E-state index contributed by atoms with van der Waals surface area (Å²) in [5.74, 6) is 4.96. The van der Waals surface area contributed by atoms with Crippen molar-refractivity contribution in [2.75, 3.05) is 4.90 Å². The molecule has 6 aliphatic carbocycles. The highest BCUT2D eigenvalue weighted by molar-refractivity contribution is 5.97. The van der Waals surface area contributed by atoms with Crippen molar-refractivity contribution in [3.63, 3.8) is 0 Å². The maximum Gasteiger partial charge on any atom is 0.0714 e. The molecule has 0 N–H and O–H groups in total. The van der Waals surface area contributed by atoms with Crippen molar-refractivity contribution in [2.24, 2.45) is 23.7 Å². The molecule has 1 heteroatoms. The van der Waals surface area contributed by atoms with Gasteiger partial charge in [0.1, 0.15) is 0 Å². The monoisotopic (exact) mass is 929 g/mol. The van der Waals surface area contributed by atoms with Crippen LogP contribution in [-0.2, 0) is 5.41 Å². The lowest BCUT2D eigenvalue weighted by Gasteiger charge is -2.54. The third kappa shape index (κ3) is 7.33. The quantitative estimate of drug-likeness (QED) is 0.132. The third-order valence-electron chi connectivity index (χ3n) is 18.3. The summed E-state index contributed by atoms with van der Waals surface area (Å²) < 4.78 is 0. The molecule has 0 heterocycles. The first-order valence-electron chi connectivity index (χ1n) is 27.3. The topological polar surface area (TPSA) is 3.24 Å². The van der Waals surface area contributed by atoms with Crippen LogP contribution in [0.2, 0.25) is 0 Å². The van der Waals surface area contributed by atoms with Crippen molar-refractivity contribution in [3.8, 4) is 44.5 Å². The Morgan fingerprint density at radius 3 is 1.40 bits per heavy atom. The largest absolute Gasteiger partial charge is 0.310 e. The molecule has 9 aromatic carbocycles. The van der Waals surface area contributed by atoms with E-state index in [1.807, 2.05) is 0 Å². The van der Waals surface area contributed by atoms with Crippen molar-refractivity contribution in [3.05, 3.63) is 258 Å². The number of nitrogens with zero attached hydrogens (tertiary/aromatic N) is 1. The molecule has 1 nitrogen and oxygen atoms in total. The molecule has 0 amide bonds. The van der Waals surface area contributed by atoms with E-state index in [0.29, 0.717) is 11.8 Å². The second-order valence-electron chi connectivity index (χ2n) is 22.2. The first-order chi connectivity index (χ1) is 35.7. The van der Waals surface area contributed by atoms with Crippen LogP contribution in [-0.4, -0.2) is 0 Å². The zero-order chi connectivity index (χ0) is 47.6. The molecule has 0 unspecified atom stereocenters. The van der Waals surface area contributed by atoms with Gasteiger partial charge in [-0.3, -0.25) is 0 Å². The lowest BCUT2D eigenvalue weighted by molar-refractivity contribution is -0.00277. The average molecular weight is 930 g/mol. The van der Waals surface area contributed by atoms with Gasteiger partial charge in [0.05, 0.1) is 11.1 Å². The second-order valence-corrected chi connectivity index (χ2v) is 22.2. The molecule has 15 rings (SSSR count). The van der Waals surface area contributed by atoms with Gasteiger partial charge in [0, 0.05) is 16.9 Å². The SMILES string of the molecule is c1ccc(-c2cc3c(cc2N(c2ccc(-c4ccccc4-c4ccc(C5CCCCC5)cc4)cc2)c2ccc(C4C5CC6CC(C5)CC4C6)cc2)C(c2ccccc2)(c2ccccc2)c2ccccc2-3)cc1. The summed E-state index contributed by atoms with van der Waals surface area (Å²) >= 11 is 0. The summed E-state index contributed by atoms with van der Waals surface area (Å²) in [6, 6.07) is 85.9. The van der Waals surface area contributed by atoms with Gasteiger partial charge in [-0.25, -0.2) is 0 Å². The number of anilines is 3. The maximum atomic E-state index is 2.58. The molecule has 5 saturated carbocycles. The van der Waals surface area contributed by atoms with E-state index in [1.54, 1.807) is 5.56 Å². The van der Waals surface area contributed by atoms with E-state index in [-0.39, 0.29) is 0 Å². The van der Waals surface area contributed by atoms with Gasteiger partial charge in [-0.05, 0) is 189 Å². The Morgan fingerprint density at radius 1 is 0.347 bits per heavy atom. The van der Waals surface area contributed by atoms with E-state index in [1.165, 1.54) is 148 Å². The fourth-order valence-electron chi connectivity index (χ4n) is 15.4. The molecular weight excluding hydrogens is 867 g/mol. The van der Waals surface area contributed by atoms with Gasteiger partial charge in [0.2, 0.25) is 0 Å². The summed E-state index contributed by atoms with van der Waals surface area (Å²) in [6.45, 7) is 0. The highest BCUT2D eigenvalue weighted by Crippen LogP contribution is 2.61. The summed E-state index contributed by atoms with van der Waals surface area (Å²) in [4.78, 5) is 2.58. The van der Waals surface area contributed by atoms with Crippen LogP contribution >= 0.6 is 0 Å². The summed E-state index contributed by atoms with van der Waals surface area (Å²) in [7, 11) is 0. The minimum absolute atomic E-state index is 0.532. The summed E-state index contributed by atoms with van der Waals surface area (Å²) in [5.41, 5.74) is 21.3. The van der Waals surface area contributed by atoms with Crippen molar-refractivity contribution < 1.29 is 0 Å². The van der Waals surface area contributed by atoms with Crippen LogP contribution in [0.4, 0.5) is 17.1 Å². The maximum absolute atomic E-state index is 2.58. The Morgan fingerprint density at radius 2 is 0.819 bits per heavy atom. The lowest BCUT2D eigenvalue weighted by Crippen LogP contribution is -2.43. The third-order valence-corrected chi connectivity index (χ3v) is 18.3. The number of hydrogen-bond donors (Lipinski definition) is 0. The predicted molar refractivity (Wildman–Crippen MR) is 300 cm³/mol. The Hall–Kier alpha value is -7.22. The second kappa shape index (κ2) is 18.1. The molecule has 4 bridgehead atoms. The molecule has 5 fully saturated rings. The molecule has 0 spiro atoms. The van der Waals surface area contributed by atoms with E-state index in [0.717, 1.165) is 29.4 Å². The van der Waals surface area contributed by atoms with E-state index in [9.17, 15) is 0 Å². The lowest BCUT2D eigenvalue weighted by atomic mass is 9.51. The van der Waals surface area contributed by atoms with Gasteiger partial charge < -0.3 is 4.90 Å². The Kier molecular flexibility index (Phi) is 11.0. The minimum Gasteiger partial charge on any atom is -0.310 e. The van der Waals surface area contributed by atoms with Crippen LogP contribution in [0, 0.1) is 23.7 Å². The van der Waals surface area contributed by atoms with Crippen LogP contribution in [0.3, 0.4) is 0 Å². The van der Waals surface area contributed by atoms with Crippen LogP contribution in [0.25, 0.3) is 44.5 Å². The average Bonchev–Trinajstić information content (AvgIpc) is 3.74. The summed E-state index contributed by atoms with van der Waals surface area (Å²) in [5, 5.41) is 0. The molecule has 72 heavy (non-hydrogen) atoms. The molecule has 0 aromatic heterocycles. The van der Waals surface area contributed by atoms with Crippen LogP contribution in [0.5, 0.6) is 0 Å². The molecule has 0 radical (unpaired) electrons. The normalized spacial score (nSPS) is 21.5.